The molecule has 1 aliphatic rings. The lowest BCUT2D eigenvalue weighted by Gasteiger charge is -2.41. The second-order valence-electron chi connectivity index (χ2n) is 5.62. The zero-order valence-corrected chi connectivity index (χ0v) is 13.2. The van der Waals surface area contributed by atoms with E-state index in [9.17, 15) is 9.90 Å². The molecule has 0 spiro atoms. The van der Waals surface area contributed by atoms with E-state index in [-0.39, 0.29) is 0 Å². The molecule has 0 atom stereocenters. The van der Waals surface area contributed by atoms with Gasteiger partial charge in [0.05, 0.1) is 11.3 Å². The maximum atomic E-state index is 11.4. The van der Waals surface area contributed by atoms with Crippen LogP contribution in [0.2, 0.25) is 0 Å². The first-order chi connectivity index (χ1) is 11.2. The third-order valence-corrected chi connectivity index (χ3v) is 4.28. The highest BCUT2D eigenvalue weighted by Crippen LogP contribution is 2.23. The first kappa shape index (κ1) is 15.4. The molecule has 3 rings (SSSR count). The fraction of sp³-hybridized carbons (Fsp3) is 0.278. The van der Waals surface area contributed by atoms with Crippen molar-refractivity contribution in [1.29, 1.82) is 0 Å². The van der Waals surface area contributed by atoms with Crippen molar-refractivity contribution in [3.05, 3.63) is 60.2 Å². The quantitative estimate of drug-likeness (QED) is 0.940. The molecule has 1 aliphatic heterocycles. The van der Waals surface area contributed by atoms with Crippen LogP contribution in [0.15, 0.2) is 54.6 Å². The first-order valence-electron chi connectivity index (χ1n) is 7.78. The van der Waals surface area contributed by atoms with Crippen molar-refractivity contribution in [3.8, 4) is 0 Å². The Morgan fingerprint density at radius 3 is 2.22 bits per heavy atom. The molecule has 2 aromatic carbocycles. The number of para-hydroxylation sites is 2. The van der Waals surface area contributed by atoms with E-state index in [4.69, 9.17) is 0 Å². The maximum absolute atomic E-state index is 11.4. The Balaban J connectivity index is 1.69. The summed E-state index contributed by atoms with van der Waals surface area (Å²) in [6.45, 7) is 3.56. The van der Waals surface area contributed by atoms with Crippen molar-refractivity contribution in [2.75, 3.05) is 43.1 Å². The van der Waals surface area contributed by atoms with Gasteiger partial charge in [-0.2, -0.15) is 0 Å². The van der Waals surface area contributed by atoms with E-state index >= 15 is 0 Å². The molecular formula is C18H21N3O2. The molecule has 1 N–H and O–H groups in total. The number of carboxylic acid groups (broad SMARTS) is 1. The third kappa shape index (κ3) is 3.29. The monoisotopic (exact) mass is 311 g/mol. The highest BCUT2D eigenvalue weighted by atomic mass is 16.4. The Morgan fingerprint density at radius 2 is 1.57 bits per heavy atom. The summed E-state index contributed by atoms with van der Waals surface area (Å²) in [6.07, 6.45) is 0. The lowest BCUT2D eigenvalue weighted by atomic mass is 10.1. The molecule has 0 saturated carbocycles. The zero-order valence-electron chi connectivity index (χ0n) is 13.2. The number of anilines is 2. The van der Waals surface area contributed by atoms with Gasteiger partial charge in [-0.15, -0.1) is 0 Å². The molecule has 1 fully saturated rings. The van der Waals surface area contributed by atoms with Gasteiger partial charge in [-0.25, -0.2) is 9.80 Å². The molecule has 0 bridgehead atoms. The summed E-state index contributed by atoms with van der Waals surface area (Å²) >= 11 is 0. The van der Waals surface area contributed by atoms with Gasteiger partial charge in [0, 0.05) is 38.9 Å². The third-order valence-electron chi connectivity index (χ3n) is 4.28. The van der Waals surface area contributed by atoms with Gasteiger partial charge in [0.1, 0.15) is 0 Å². The van der Waals surface area contributed by atoms with E-state index in [0.29, 0.717) is 5.56 Å². The smallest absolute Gasteiger partial charge is 0.337 e. The van der Waals surface area contributed by atoms with Crippen molar-refractivity contribution in [1.82, 2.24) is 5.01 Å². The molecular weight excluding hydrogens is 290 g/mol. The fourth-order valence-corrected chi connectivity index (χ4v) is 2.98. The normalized spacial score (nSPS) is 15.4. The molecule has 0 unspecified atom stereocenters. The van der Waals surface area contributed by atoms with Gasteiger partial charge in [0.15, 0.2) is 0 Å². The van der Waals surface area contributed by atoms with Crippen LogP contribution in [0.5, 0.6) is 0 Å². The minimum Gasteiger partial charge on any atom is -0.478 e. The summed E-state index contributed by atoms with van der Waals surface area (Å²) in [7, 11) is 1.93. The lowest BCUT2D eigenvalue weighted by molar-refractivity contribution is 0.0696. The molecule has 5 heteroatoms. The zero-order chi connectivity index (χ0) is 16.2. The molecule has 23 heavy (non-hydrogen) atoms. The van der Waals surface area contributed by atoms with Crippen molar-refractivity contribution in [3.63, 3.8) is 0 Å². The lowest BCUT2D eigenvalue weighted by Crippen LogP contribution is -2.53. The predicted octanol–water partition coefficient (Wildman–Crippen LogP) is 2.56. The summed E-state index contributed by atoms with van der Waals surface area (Å²) in [5.74, 6) is -0.893. The minimum atomic E-state index is -0.893. The summed E-state index contributed by atoms with van der Waals surface area (Å²) in [5, 5.41) is 13.5. The number of benzene rings is 2. The number of hydrogen-bond acceptors (Lipinski definition) is 4. The van der Waals surface area contributed by atoms with Crippen molar-refractivity contribution in [2.24, 2.45) is 0 Å². The largest absolute Gasteiger partial charge is 0.478 e. The van der Waals surface area contributed by atoms with E-state index in [0.717, 1.165) is 31.9 Å². The molecule has 5 nitrogen and oxygen atoms in total. The van der Waals surface area contributed by atoms with Crippen LogP contribution in [0.25, 0.3) is 0 Å². The summed E-state index contributed by atoms with van der Waals surface area (Å²) < 4.78 is 0. The summed E-state index contributed by atoms with van der Waals surface area (Å²) in [4.78, 5) is 13.7. The number of rotatable bonds is 4. The van der Waals surface area contributed by atoms with E-state index in [1.165, 1.54) is 5.69 Å². The fourth-order valence-electron chi connectivity index (χ4n) is 2.98. The standard InChI is InChI=1S/C18H21N3O2/c1-19(17-10-6-5-9-16(17)18(22)23)21-13-11-20(12-14-21)15-7-3-2-4-8-15/h2-10H,11-14H2,1H3,(H,22,23). The molecule has 120 valence electrons. The molecule has 0 aliphatic carbocycles. The van der Waals surface area contributed by atoms with Crippen molar-refractivity contribution in [2.45, 2.75) is 0 Å². The van der Waals surface area contributed by atoms with Crippen LogP contribution >= 0.6 is 0 Å². The van der Waals surface area contributed by atoms with E-state index in [1.54, 1.807) is 12.1 Å². The number of nitrogens with zero attached hydrogens (tertiary/aromatic N) is 3. The molecule has 0 radical (unpaired) electrons. The Labute approximate surface area is 136 Å². The van der Waals surface area contributed by atoms with Gasteiger partial charge in [0.25, 0.3) is 0 Å². The molecule has 0 aromatic heterocycles. The average Bonchev–Trinajstić information content (AvgIpc) is 2.62. The second kappa shape index (κ2) is 6.71. The highest BCUT2D eigenvalue weighted by Gasteiger charge is 2.22. The maximum Gasteiger partial charge on any atom is 0.337 e. The molecule has 1 heterocycles. The van der Waals surface area contributed by atoms with Gasteiger partial charge in [-0.1, -0.05) is 30.3 Å². The SMILES string of the molecule is CN(c1ccccc1C(=O)O)N1CCN(c2ccccc2)CC1. The Morgan fingerprint density at radius 1 is 0.957 bits per heavy atom. The molecule has 0 amide bonds. The number of carboxylic acids is 1. The van der Waals surface area contributed by atoms with Crippen LogP contribution < -0.4 is 9.91 Å². The Bertz CT molecular complexity index is 667. The topological polar surface area (TPSA) is 47.0 Å². The van der Waals surface area contributed by atoms with Gasteiger partial charge >= 0.3 is 5.97 Å². The van der Waals surface area contributed by atoms with Crippen LogP contribution in [-0.4, -0.2) is 49.3 Å². The van der Waals surface area contributed by atoms with Crippen LogP contribution in [0.1, 0.15) is 10.4 Å². The Kier molecular flexibility index (Phi) is 4.48. The number of hydrogen-bond donors (Lipinski definition) is 1. The highest BCUT2D eigenvalue weighted by molar-refractivity contribution is 5.94. The number of aromatic carboxylic acids is 1. The van der Waals surface area contributed by atoms with Crippen LogP contribution in [-0.2, 0) is 0 Å². The number of piperazine rings is 1. The van der Waals surface area contributed by atoms with E-state index < -0.39 is 5.97 Å². The first-order valence-corrected chi connectivity index (χ1v) is 7.78. The summed E-state index contributed by atoms with van der Waals surface area (Å²) in [6, 6.07) is 17.5. The van der Waals surface area contributed by atoms with Crippen molar-refractivity contribution < 1.29 is 9.90 Å². The summed E-state index contributed by atoms with van der Waals surface area (Å²) in [5.41, 5.74) is 2.30. The van der Waals surface area contributed by atoms with E-state index in [1.807, 2.05) is 30.3 Å². The predicted molar refractivity (Wildman–Crippen MR) is 92.0 cm³/mol. The van der Waals surface area contributed by atoms with Gasteiger partial charge in [-0.3, -0.25) is 0 Å². The Hall–Kier alpha value is -2.53. The van der Waals surface area contributed by atoms with E-state index in [2.05, 4.69) is 34.2 Å². The molecule has 2 aromatic rings. The van der Waals surface area contributed by atoms with Gasteiger partial charge < -0.3 is 15.0 Å². The van der Waals surface area contributed by atoms with Crippen LogP contribution in [0, 0.1) is 0 Å². The second-order valence-corrected chi connectivity index (χ2v) is 5.62. The average molecular weight is 311 g/mol. The van der Waals surface area contributed by atoms with Crippen LogP contribution in [0.4, 0.5) is 11.4 Å². The van der Waals surface area contributed by atoms with Gasteiger partial charge in [-0.05, 0) is 24.3 Å². The number of carbonyl (C=O) groups is 1. The number of hydrazine groups is 1. The minimum absolute atomic E-state index is 0.334. The van der Waals surface area contributed by atoms with Crippen LogP contribution in [0.3, 0.4) is 0 Å². The molecule has 1 saturated heterocycles. The van der Waals surface area contributed by atoms with Crippen molar-refractivity contribution >= 4 is 17.3 Å². The van der Waals surface area contributed by atoms with Gasteiger partial charge in [0.2, 0.25) is 0 Å².